The summed E-state index contributed by atoms with van der Waals surface area (Å²) < 4.78 is 10.3. The zero-order valence-corrected chi connectivity index (χ0v) is 16.4. The molecular weight excluding hydrogens is 322 g/mol. The predicted molar refractivity (Wildman–Crippen MR) is 96.1 cm³/mol. The molecule has 0 unspecified atom stereocenters. The highest BCUT2D eigenvalue weighted by atomic mass is 16.6. The fourth-order valence-electron chi connectivity index (χ4n) is 2.00. The van der Waals surface area contributed by atoms with Crippen LogP contribution in [0.15, 0.2) is 17.9 Å². The predicted octanol–water partition coefficient (Wildman–Crippen LogP) is 3.55. The van der Waals surface area contributed by atoms with Gasteiger partial charge in [0.05, 0.1) is 17.7 Å². The second-order valence-electron chi connectivity index (χ2n) is 7.44. The number of esters is 1. The molecule has 0 spiro atoms. The lowest BCUT2D eigenvalue weighted by Crippen LogP contribution is -2.46. The van der Waals surface area contributed by atoms with Gasteiger partial charge in [-0.25, -0.2) is 9.59 Å². The monoisotopic (exact) mass is 353 g/mol. The summed E-state index contributed by atoms with van der Waals surface area (Å²) in [7, 11) is 0. The van der Waals surface area contributed by atoms with E-state index >= 15 is 0 Å². The number of rotatable bonds is 8. The van der Waals surface area contributed by atoms with Crippen molar-refractivity contribution in [1.29, 1.82) is 0 Å². The van der Waals surface area contributed by atoms with Gasteiger partial charge in [0.25, 0.3) is 0 Å². The van der Waals surface area contributed by atoms with E-state index in [4.69, 9.17) is 9.47 Å². The van der Waals surface area contributed by atoms with Gasteiger partial charge in [-0.05, 0) is 47.0 Å². The highest BCUT2D eigenvalue weighted by Gasteiger charge is 2.27. The van der Waals surface area contributed by atoms with E-state index in [2.05, 4.69) is 17.6 Å². The molecule has 1 atom stereocenters. The van der Waals surface area contributed by atoms with Gasteiger partial charge in [-0.1, -0.05) is 20.4 Å². The molecule has 0 aliphatic heterocycles. The number of nitrogens with one attached hydrogen (secondary N) is 1. The summed E-state index contributed by atoms with van der Waals surface area (Å²) >= 11 is 0. The van der Waals surface area contributed by atoms with Crippen LogP contribution in [0, 0.1) is 5.92 Å². The van der Waals surface area contributed by atoms with E-state index in [1.165, 1.54) is 0 Å². The van der Waals surface area contributed by atoms with E-state index < -0.39 is 23.7 Å². The van der Waals surface area contributed by atoms with Crippen LogP contribution < -0.4 is 5.32 Å². The molecule has 25 heavy (non-hydrogen) atoms. The number of carbonyl (C=O) groups is 3. The Morgan fingerprint density at radius 2 is 1.64 bits per heavy atom. The Labute approximate surface area is 150 Å². The van der Waals surface area contributed by atoms with Gasteiger partial charge in [-0.15, -0.1) is 5.73 Å². The first-order valence-electron chi connectivity index (χ1n) is 8.49. The molecule has 0 aliphatic carbocycles. The Bertz CT molecular complexity index is 537. The maximum absolute atomic E-state index is 12.5. The highest BCUT2D eigenvalue weighted by Crippen LogP contribution is 2.14. The summed E-state index contributed by atoms with van der Waals surface area (Å²) in [5.41, 5.74) is 2.11. The van der Waals surface area contributed by atoms with Crippen molar-refractivity contribution in [2.45, 2.75) is 79.1 Å². The smallest absolute Gasteiger partial charge is 0.408 e. The van der Waals surface area contributed by atoms with Crippen molar-refractivity contribution in [2.24, 2.45) is 5.92 Å². The van der Waals surface area contributed by atoms with E-state index in [1.54, 1.807) is 34.6 Å². The number of carbonyl (C=O) groups excluding carboxylic acids is 3. The Kier molecular flexibility index (Phi) is 9.21. The quantitative estimate of drug-likeness (QED) is 0.410. The van der Waals surface area contributed by atoms with Gasteiger partial charge in [0, 0.05) is 6.42 Å². The third-order valence-electron chi connectivity index (χ3n) is 3.11. The molecule has 0 bridgehead atoms. The Balaban J connectivity index is 4.83. The molecule has 6 nitrogen and oxygen atoms in total. The van der Waals surface area contributed by atoms with E-state index in [0.717, 1.165) is 0 Å². The molecular formula is C19H31NO5. The molecule has 0 fully saturated rings. The first kappa shape index (κ1) is 22.9. The van der Waals surface area contributed by atoms with E-state index in [9.17, 15) is 14.4 Å². The average molecular weight is 353 g/mol. The third-order valence-corrected chi connectivity index (χ3v) is 3.11. The summed E-state index contributed by atoms with van der Waals surface area (Å²) in [6.07, 6.45) is -0.668. The summed E-state index contributed by atoms with van der Waals surface area (Å²) in [6, 6.07) is -0.693. The normalized spacial score (nSPS) is 12.4. The van der Waals surface area contributed by atoms with Crippen molar-refractivity contribution in [2.75, 3.05) is 0 Å². The van der Waals surface area contributed by atoms with Crippen molar-refractivity contribution in [3.63, 3.8) is 0 Å². The minimum atomic E-state index is -0.693. The van der Waals surface area contributed by atoms with Crippen molar-refractivity contribution in [3.8, 4) is 0 Å². The van der Waals surface area contributed by atoms with Crippen LogP contribution in [0.4, 0.5) is 4.79 Å². The fraction of sp³-hybridized carbons (Fsp3) is 0.684. The van der Waals surface area contributed by atoms with Gasteiger partial charge >= 0.3 is 12.1 Å². The van der Waals surface area contributed by atoms with Crippen LogP contribution in [-0.2, 0) is 19.1 Å². The molecule has 0 saturated heterocycles. The second kappa shape index (κ2) is 10.0. The van der Waals surface area contributed by atoms with Crippen molar-refractivity contribution in [3.05, 3.63) is 17.9 Å². The Morgan fingerprint density at radius 3 is 2.04 bits per heavy atom. The number of hydrogen-bond acceptors (Lipinski definition) is 5. The summed E-state index contributed by atoms with van der Waals surface area (Å²) in [5.74, 6) is -0.830. The van der Waals surface area contributed by atoms with Crippen molar-refractivity contribution >= 4 is 17.8 Å². The molecule has 0 heterocycles. The largest absolute Gasteiger partial charge is 0.459 e. The Hall–Kier alpha value is -2.07. The van der Waals surface area contributed by atoms with Crippen LogP contribution in [0.5, 0.6) is 0 Å². The lowest BCUT2D eigenvalue weighted by Gasteiger charge is -2.25. The van der Waals surface area contributed by atoms with Crippen molar-refractivity contribution in [1.82, 2.24) is 5.32 Å². The zero-order valence-electron chi connectivity index (χ0n) is 16.4. The SMILES string of the molecule is C=C=C(CCC(=O)[C@@H](NC(=O)OC(C)(C)C)C(C)C)C(=O)OC(C)C. The van der Waals surface area contributed by atoms with Gasteiger partial charge in [0.2, 0.25) is 0 Å². The lowest BCUT2D eigenvalue weighted by atomic mass is 9.95. The average Bonchev–Trinajstić information content (AvgIpc) is 2.42. The minimum absolute atomic E-state index is 0.0731. The lowest BCUT2D eigenvalue weighted by molar-refractivity contribution is -0.142. The van der Waals surface area contributed by atoms with Crippen LogP contribution >= 0.6 is 0 Å². The maximum Gasteiger partial charge on any atom is 0.408 e. The van der Waals surface area contributed by atoms with Crippen LogP contribution in [0.3, 0.4) is 0 Å². The molecule has 0 aliphatic rings. The molecule has 0 aromatic carbocycles. The molecule has 0 saturated carbocycles. The van der Waals surface area contributed by atoms with Crippen molar-refractivity contribution < 1.29 is 23.9 Å². The first-order valence-corrected chi connectivity index (χ1v) is 8.49. The maximum atomic E-state index is 12.5. The van der Waals surface area contributed by atoms with Gasteiger partial charge < -0.3 is 14.8 Å². The number of amides is 1. The molecule has 1 amide bonds. The summed E-state index contributed by atoms with van der Waals surface area (Å²) in [6.45, 7) is 15.9. The number of ether oxygens (including phenoxy) is 2. The number of alkyl carbamates (subject to hydrolysis) is 1. The molecule has 6 heteroatoms. The van der Waals surface area contributed by atoms with E-state index in [-0.39, 0.29) is 36.2 Å². The minimum Gasteiger partial charge on any atom is -0.459 e. The first-order chi connectivity index (χ1) is 11.4. The molecule has 0 rings (SSSR count). The van der Waals surface area contributed by atoms with Gasteiger partial charge in [-0.2, -0.15) is 0 Å². The third kappa shape index (κ3) is 9.72. The molecule has 142 valence electrons. The topological polar surface area (TPSA) is 81.7 Å². The number of hydrogen-bond donors (Lipinski definition) is 1. The zero-order chi connectivity index (χ0) is 19.8. The fourth-order valence-corrected chi connectivity index (χ4v) is 2.00. The van der Waals surface area contributed by atoms with E-state index in [0.29, 0.717) is 0 Å². The highest BCUT2D eigenvalue weighted by molar-refractivity contribution is 5.91. The van der Waals surface area contributed by atoms with Gasteiger partial charge in [-0.3, -0.25) is 4.79 Å². The van der Waals surface area contributed by atoms with Crippen LogP contribution in [0.2, 0.25) is 0 Å². The number of Topliss-reactive ketones (excluding diaryl/α,β-unsaturated/α-hetero) is 1. The summed E-state index contributed by atoms with van der Waals surface area (Å²) in [4.78, 5) is 36.3. The van der Waals surface area contributed by atoms with Crippen LogP contribution in [-0.4, -0.2) is 35.6 Å². The molecule has 1 N–H and O–H groups in total. The standard InChI is InChI=1S/C19H31NO5/c1-9-14(17(22)24-13(4)5)10-11-15(21)16(12(2)3)20-18(23)25-19(6,7)8/h12-13,16H,1,10-11H2,2-8H3,(H,20,23)/t16-/m0/s1. The molecule has 0 aromatic heterocycles. The number of ketones is 1. The van der Waals surface area contributed by atoms with E-state index in [1.807, 2.05) is 13.8 Å². The van der Waals surface area contributed by atoms with Gasteiger partial charge in [0.1, 0.15) is 5.60 Å². The van der Waals surface area contributed by atoms with Crippen LogP contribution in [0.1, 0.15) is 61.3 Å². The molecule has 0 radical (unpaired) electrons. The molecule has 0 aromatic rings. The van der Waals surface area contributed by atoms with Gasteiger partial charge in [0.15, 0.2) is 5.78 Å². The Morgan fingerprint density at radius 1 is 1.08 bits per heavy atom. The summed E-state index contributed by atoms with van der Waals surface area (Å²) in [5, 5.41) is 2.60. The second-order valence-corrected chi connectivity index (χ2v) is 7.44. The van der Waals surface area contributed by atoms with Crippen LogP contribution in [0.25, 0.3) is 0 Å².